The molecule has 4 aromatic rings. The zero-order valence-corrected chi connectivity index (χ0v) is 21.9. The molecule has 0 heterocycles. The van der Waals surface area contributed by atoms with Gasteiger partial charge in [0.25, 0.3) is 0 Å². The van der Waals surface area contributed by atoms with Crippen LogP contribution in [0.25, 0.3) is 10.8 Å². The fraction of sp³-hybridized carbons (Fsp3) is 0.312. The van der Waals surface area contributed by atoms with Gasteiger partial charge in [-0.15, -0.1) is 5.11 Å². The molecule has 0 saturated carbocycles. The molecule has 0 spiro atoms. The van der Waals surface area contributed by atoms with Crippen LogP contribution in [0.1, 0.15) is 51.4 Å². The first-order chi connectivity index (χ1) is 18.8. The Morgan fingerprint density at radius 1 is 0.500 bits per heavy atom. The van der Waals surface area contributed by atoms with Gasteiger partial charge in [0.15, 0.2) is 0 Å². The van der Waals surface area contributed by atoms with E-state index >= 15 is 0 Å². The third kappa shape index (κ3) is 8.60. The van der Waals surface area contributed by atoms with Crippen LogP contribution in [0.15, 0.2) is 111 Å². The van der Waals surface area contributed by atoms with E-state index in [9.17, 15) is 0 Å². The summed E-state index contributed by atoms with van der Waals surface area (Å²) in [6.45, 7) is 0.967. The summed E-state index contributed by atoms with van der Waals surface area (Å²) in [5, 5.41) is 28.7. The van der Waals surface area contributed by atoms with Crippen molar-refractivity contribution in [1.82, 2.24) is 0 Å². The summed E-state index contributed by atoms with van der Waals surface area (Å²) in [6, 6.07) is 29.4. The summed E-state index contributed by atoms with van der Waals surface area (Å²) in [5.74, 6) is 0.754. The highest BCUT2D eigenvalue weighted by molar-refractivity contribution is 5.95. The van der Waals surface area contributed by atoms with E-state index in [1.54, 1.807) is 0 Å². The summed E-state index contributed by atoms with van der Waals surface area (Å²) >= 11 is 0. The molecule has 196 valence electrons. The monoisotopic (exact) mass is 508 g/mol. The van der Waals surface area contributed by atoms with E-state index in [1.807, 2.05) is 72.8 Å². The van der Waals surface area contributed by atoms with Crippen molar-refractivity contribution in [2.24, 2.45) is 20.5 Å². The Hall–Kier alpha value is -3.90. The van der Waals surface area contributed by atoms with Gasteiger partial charge in [-0.05, 0) is 60.7 Å². The van der Waals surface area contributed by atoms with Crippen molar-refractivity contribution in [2.75, 3.05) is 13.2 Å². The van der Waals surface area contributed by atoms with Crippen molar-refractivity contribution < 1.29 is 9.84 Å². The van der Waals surface area contributed by atoms with Crippen LogP contribution in [0.4, 0.5) is 22.7 Å². The fourth-order valence-electron chi connectivity index (χ4n) is 4.22. The Kier molecular flexibility index (Phi) is 11.0. The molecule has 4 rings (SSSR count). The minimum absolute atomic E-state index is 0.307. The Morgan fingerprint density at radius 3 is 1.74 bits per heavy atom. The lowest BCUT2D eigenvalue weighted by Crippen LogP contribution is -1.98. The molecule has 0 unspecified atom stereocenters. The number of nitrogens with zero attached hydrogens (tertiary/aromatic N) is 4. The lowest BCUT2D eigenvalue weighted by Gasteiger charge is -2.11. The van der Waals surface area contributed by atoms with Crippen molar-refractivity contribution in [3.05, 3.63) is 91.0 Å². The SMILES string of the molecule is OCCCCCCCCCCOc1ccc2ccccc2c1/N=N/c1ccc(/N=N/c2ccccc2)cc1. The third-order valence-corrected chi connectivity index (χ3v) is 6.33. The summed E-state index contributed by atoms with van der Waals surface area (Å²) in [6.07, 6.45) is 9.13. The van der Waals surface area contributed by atoms with Crippen LogP contribution in [0.5, 0.6) is 5.75 Å². The summed E-state index contributed by atoms with van der Waals surface area (Å²) in [7, 11) is 0. The van der Waals surface area contributed by atoms with E-state index in [0.29, 0.717) is 13.2 Å². The van der Waals surface area contributed by atoms with E-state index in [1.165, 1.54) is 25.7 Å². The van der Waals surface area contributed by atoms with Gasteiger partial charge in [-0.1, -0.05) is 87.1 Å². The van der Waals surface area contributed by atoms with Gasteiger partial charge >= 0.3 is 0 Å². The van der Waals surface area contributed by atoms with Crippen molar-refractivity contribution in [3.8, 4) is 5.75 Å². The molecular formula is C32H36N4O2. The molecule has 0 bridgehead atoms. The molecule has 38 heavy (non-hydrogen) atoms. The van der Waals surface area contributed by atoms with Gasteiger partial charge in [-0.3, -0.25) is 0 Å². The van der Waals surface area contributed by atoms with Crippen LogP contribution in [-0.2, 0) is 0 Å². The second kappa shape index (κ2) is 15.4. The fourth-order valence-corrected chi connectivity index (χ4v) is 4.22. The van der Waals surface area contributed by atoms with Crippen molar-refractivity contribution in [1.29, 1.82) is 0 Å². The van der Waals surface area contributed by atoms with Gasteiger partial charge < -0.3 is 9.84 Å². The van der Waals surface area contributed by atoms with Gasteiger partial charge in [0.1, 0.15) is 11.4 Å². The number of unbranched alkanes of at least 4 members (excludes halogenated alkanes) is 7. The van der Waals surface area contributed by atoms with Crippen LogP contribution >= 0.6 is 0 Å². The Labute approximate surface area is 225 Å². The van der Waals surface area contributed by atoms with E-state index in [-0.39, 0.29) is 0 Å². The Balaban J connectivity index is 1.36. The van der Waals surface area contributed by atoms with Crippen LogP contribution in [0, 0.1) is 0 Å². The molecule has 0 radical (unpaired) electrons. The number of benzene rings is 4. The van der Waals surface area contributed by atoms with Crippen molar-refractivity contribution in [2.45, 2.75) is 51.4 Å². The maximum atomic E-state index is 8.86. The first-order valence-corrected chi connectivity index (χ1v) is 13.6. The van der Waals surface area contributed by atoms with Gasteiger partial charge in [0, 0.05) is 12.0 Å². The van der Waals surface area contributed by atoms with Gasteiger partial charge in [-0.25, -0.2) is 0 Å². The third-order valence-electron chi connectivity index (χ3n) is 6.33. The molecule has 0 saturated heterocycles. The maximum absolute atomic E-state index is 8.86. The summed E-state index contributed by atoms with van der Waals surface area (Å²) in [4.78, 5) is 0. The molecule has 0 aliphatic carbocycles. The standard InChI is InChI=1S/C32H36N4O2/c37-24-12-5-3-1-2-4-6-13-25-38-31-23-18-26-14-10-11-17-30(26)32(31)36-35-29-21-19-28(20-22-29)34-33-27-15-8-7-9-16-27/h7-11,14-23,37H,1-6,12-13,24-25H2/b34-33+,36-35+. The topological polar surface area (TPSA) is 78.9 Å². The van der Waals surface area contributed by atoms with Crippen molar-refractivity contribution in [3.63, 3.8) is 0 Å². The second-order valence-corrected chi connectivity index (χ2v) is 9.29. The van der Waals surface area contributed by atoms with E-state index in [0.717, 1.165) is 65.0 Å². The second-order valence-electron chi connectivity index (χ2n) is 9.29. The molecule has 1 N–H and O–H groups in total. The maximum Gasteiger partial charge on any atom is 0.147 e. The largest absolute Gasteiger partial charge is 0.491 e. The van der Waals surface area contributed by atoms with Crippen LogP contribution in [0.2, 0.25) is 0 Å². The first kappa shape index (κ1) is 27.1. The first-order valence-electron chi connectivity index (χ1n) is 13.6. The summed E-state index contributed by atoms with van der Waals surface area (Å²) < 4.78 is 6.18. The molecule has 0 atom stereocenters. The zero-order valence-electron chi connectivity index (χ0n) is 21.9. The molecule has 0 aliphatic heterocycles. The molecule has 0 aliphatic rings. The average Bonchev–Trinajstić information content (AvgIpc) is 2.97. The number of fused-ring (bicyclic) bond motifs is 1. The molecule has 0 aromatic heterocycles. The number of ether oxygens (including phenoxy) is 1. The van der Waals surface area contributed by atoms with Crippen LogP contribution in [0.3, 0.4) is 0 Å². The lowest BCUT2D eigenvalue weighted by atomic mass is 10.1. The average molecular weight is 509 g/mol. The zero-order chi connectivity index (χ0) is 26.3. The minimum atomic E-state index is 0.307. The number of hydrogen-bond acceptors (Lipinski definition) is 6. The molecule has 6 heteroatoms. The van der Waals surface area contributed by atoms with Gasteiger partial charge in [0.05, 0.1) is 23.7 Å². The quantitative estimate of drug-likeness (QED) is 0.128. The predicted molar refractivity (Wildman–Crippen MR) is 155 cm³/mol. The highest BCUT2D eigenvalue weighted by Gasteiger charge is 2.09. The molecular weight excluding hydrogens is 472 g/mol. The lowest BCUT2D eigenvalue weighted by molar-refractivity contribution is 0.282. The number of rotatable bonds is 15. The normalized spacial score (nSPS) is 11.6. The predicted octanol–water partition coefficient (Wildman–Crippen LogP) is 10.2. The number of hydrogen-bond donors (Lipinski definition) is 1. The number of azo groups is 2. The van der Waals surface area contributed by atoms with E-state index in [2.05, 4.69) is 38.7 Å². The van der Waals surface area contributed by atoms with E-state index in [4.69, 9.17) is 9.84 Å². The Bertz CT molecular complexity index is 1300. The smallest absolute Gasteiger partial charge is 0.147 e. The van der Waals surface area contributed by atoms with Crippen molar-refractivity contribution >= 4 is 33.5 Å². The summed E-state index contributed by atoms with van der Waals surface area (Å²) in [5.41, 5.74) is 3.06. The number of aliphatic hydroxyl groups is 1. The number of aliphatic hydroxyl groups excluding tert-OH is 1. The highest BCUT2D eigenvalue weighted by Crippen LogP contribution is 2.37. The van der Waals surface area contributed by atoms with Crippen LogP contribution < -0.4 is 4.74 Å². The van der Waals surface area contributed by atoms with Gasteiger partial charge in [-0.2, -0.15) is 15.3 Å². The van der Waals surface area contributed by atoms with E-state index < -0.39 is 0 Å². The molecule has 0 amide bonds. The Morgan fingerprint density at radius 2 is 1.05 bits per heavy atom. The molecule has 4 aromatic carbocycles. The highest BCUT2D eigenvalue weighted by atomic mass is 16.5. The molecule has 0 fully saturated rings. The van der Waals surface area contributed by atoms with Crippen LogP contribution in [-0.4, -0.2) is 18.3 Å². The minimum Gasteiger partial charge on any atom is -0.491 e. The molecule has 6 nitrogen and oxygen atoms in total. The van der Waals surface area contributed by atoms with Gasteiger partial charge in [0.2, 0.25) is 0 Å².